The molecule has 2 bridgehead atoms. The van der Waals surface area contributed by atoms with Crippen LogP contribution in [0.25, 0.3) is 0 Å². The number of aromatic nitrogens is 2. The van der Waals surface area contributed by atoms with Gasteiger partial charge in [0.25, 0.3) is 0 Å². The van der Waals surface area contributed by atoms with Crippen LogP contribution in [0.15, 0.2) is 10.8 Å². The van der Waals surface area contributed by atoms with E-state index in [-0.39, 0.29) is 0 Å². The summed E-state index contributed by atoms with van der Waals surface area (Å²) in [5.74, 6) is 2.87. The molecule has 1 aromatic heterocycles. The Morgan fingerprint density at radius 1 is 1.44 bits per heavy atom. The van der Waals surface area contributed by atoms with Crippen molar-refractivity contribution in [2.75, 3.05) is 23.3 Å². The Labute approximate surface area is 116 Å². The zero-order valence-electron chi connectivity index (χ0n) is 10.7. The Morgan fingerprint density at radius 2 is 2.33 bits per heavy atom. The molecule has 1 saturated heterocycles. The quantitative estimate of drug-likeness (QED) is 0.928. The van der Waals surface area contributed by atoms with E-state index in [0.29, 0.717) is 6.04 Å². The summed E-state index contributed by atoms with van der Waals surface area (Å²) in [4.78, 5) is 11.2. The van der Waals surface area contributed by atoms with Gasteiger partial charge in [-0.05, 0) is 47.5 Å². The predicted molar refractivity (Wildman–Crippen MR) is 77.0 cm³/mol. The summed E-state index contributed by atoms with van der Waals surface area (Å²) >= 11 is 3.66. The first-order valence-corrected chi connectivity index (χ1v) is 7.60. The van der Waals surface area contributed by atoms with Crippen molar-refractivity contribution in [2.45, 2.75) is 38.6 Å². The molecular formula is C13H19BrN4. The average molecular weight is 311 g/mol. The van der Waals surface area contributed by atoms with E-state index < -0.39 is 0 Å². The van der Waals surface area contributed by atoms with Crippen LogP contribution in [0.2, 0.25) is 0 Å². The fourth-order valence-electron chi connectivity index (χ4n) is 3.11. The van der Waals surface area contributed by atoms with Crippen LogP contribution in [0.5, 0.6) is 0 Å². The molecule has 18 heavy (non-hydrogen) atoms. The summed E-state index contributed by atoms with van der Waals surface area (Å²) in [6.07, 6.45) is 6.82. The lowest BCUT2D eigenvalue weighted by Gasteiger charge is -2.29. The maximum atomic E-state index is 4.48. The molecule has 0 radical (unpaired) electrons. The van der Waals surface area contributed by atoms with Gasteiger partial charge in [0.05, 0.1) is 0 Å². The summed E-state index contributed by atoms with van der Waals surface area (Å²) < 4.78 is 1.02. The highest BCUT2D eigenvalue weighted by atomic mass is 79.9. The van der Waals surface area contributed by atoms with Crippen molar-refractivity contribution in [3.8, 4) is 0 Å². The number of hydrogen-bond donors (Lipinski definition) is 1. The van der Waals surface area contributed by atoms with Crippen LogP contribution in [0.3, 0.4) is 0 Å². The summed E-state index contributed by atoms with van der Waals surface area (Å²) in [6, 6.07) is 0.695. The fraction of sp³-hybridized carbons (Fsp3) is 0.692. The van der Waals surface area contributed by atoms with E-state index in [1.165, 1.54) is 19.3 Å². The lowest BCUT2D eigenvalue weighted by Crippen LogP contribution is -2.33. The third-order valence-electron chi connectivity index (χ3n) is 3.99. The molecule has 98 valence electrons. The molecular weight excluding hydrogens is 292 g/mol. The van der Waals surface area contributed by atoms with Gasteiger partial charge in [-0.15, -0.1) is 0 Å². The maximum absolute atomic E-state index is 4.48. The second-order valence-electron chi connectivity index (χ2n) is 5.27. The Balaban J connectivity index is 1.83. The lowest BCUT2D eigenvalue weighted by molar-refractivity contribution is 0.549. The number of anilines is 2. The molecule has 1 N–H and O–H groups in total. The normalized spacial score (nSPS) is 25.8. The molecule has 2 heterocycles. The van der Waals surface area contributed by atoms with E-state index in [2.05, 4.69) is 43.0 Å². The Morgan fingerprint density at radius 3 is 3.00 bits per heavy atom. The van der Waals surface area contributed by atoms with Gasteiger partial charge in [-0.3, -0.25) is 0 Å². The first-order chi connectivity index (χ1) is 8.79. The van der Waals surface area contributed by atoms with Gasteiger partial charge < -0.3 is 10.2 Å². The third kappa shape index (κ3) is 2.09. The molecule has 5 heteroatoms. The van der Waals surface area contributed by atoms with Gasteiger partial charge in [0.1, 0.15) is 22.4 Å². The molecule has 2 unspecified atom stereocenters. The SMILES string of the molecule is CCCNc1ncnc(N2CC3CCC2C3)c1Br. The zero-order chi connectivity index (χ0) is 12.5. The van der Waals surface area contributed by atoms with Gasteiger partial charge in [0.15, 0.2) is 0 Å². The van der Waals surface area contributed by atoms with Gasteiger partial charge in [-0.1, -0.05) is 6.92 Å². The first kappa shape index (κ1) is 12.2. The standard InChI is InChI=1S/C13H19BrN4/c1-2-5-15-12-11(14)13(17-8-16-12)18-7-9-3-4-10(18)6-9/h8-10H,2-7H2,1H3,(H,15,16,17). The summed E-state index contributed by atoms with van der Waals surface area (Å²) in [6.45, 7) is 4.26. The molecule has 2 atom stereocenters. The first-order valence-electron chi connectivity index (χ1n) is 6.80. The Hall–Kier alpha value is -0.840. The summed E-state index contributed by atoms with van der Waals surface area (Å²) in [7, 11) is 0. The van der Waals surface area contributed by atoms with Crippen molar-refractivity contribution >= 4 is 27.6 Å². The van der Waals surface area contributed by atoms with Crippen molar-refractivity contribution in [1.29, 1.82) is 0 Å². The molecule has 0 aromatic carbocycles. The molecule has 0 amide bonds. The fourth-order valence-corrected chi connectivity index (χ4v) is 3.68. The number of halogens is 1. The van der Waals surface area contributed by atoms with E-state index in [1.54, 1.807) is 6.33 Å². The molecule has 0 spiro atoms. The molecule has 4 nitrogen and oxygen atoms in total. The monoisotopic (exact) mass is 310 g/mol. The minimum absolute atomic E-state index is 0.695. The number of hydrogen-bond acceptors (Lipinski definition) is 4. The van der Waals surface area contributed by atoms with Gasteiger partial charge in [0, 0.05) is 19.1 Å². The van der Waals surface area contributed by atoms with Crippen molar-refractivity contribution in [3.63, 3.8) is 0 Å². The van der Waals surface area contributed by atoms with E-state index in [1.807, 2.05) is 0 Å². The lowest BCUT2D eigenvalue weighted by atomic mass is 10.1. The van der Waals surface area contributed by atoms with Crippen LogP contribution < -0.4 is 10.2 Å². The van der Waals surface area contributed by atoms with E-state index in [0.717, 1.165) is 41.5 Å². The van der Waals surface area contributed by atoms with Gasteiger partial charge in [-0.25, -0.2) is 9.97 Å². The van der Waals surface area contributed by atoms with Crippen molar-refractivity contribution in [2.24, 2.45) is 5.92 Å². The van der Waals surface area contributed by atoms with Gasteiger partial charge in [-0.2, -0.15) is 0 Å². The smallest absolute Gasteiger partial charge is 0.148 e. The summed E-state index contributed by atoms with van der Waals surface area (Å²) in [5.41, 5.74) is 0. The number of nitrogens with zero attached hydrogens (tertiary/aromatic N) is 3. The van der Waals surface area contributed by atoms with Gasteiger partial charge in [0.2, 0.25) is 0 Å². The van der Waals surface area contributed by atoms with Crippen LogP contribution >= 0.6 is 15.9 Å². The van der Waals surface area contributed by atoms with Gasteiger partial charge >= 0.3 is 0 Å². The minimum Gasteiger partial charge on any atom is -0.369 e. The molecule has 1 aliphatic carbocycles. The highest BCUT2D eigenvalue weighted by molar-refractivity contribution is 9.10. The van der Waals surface area contributed by atoms with Crippen LogP contribution in [0.1, 0.15) is 32.6 Å². The number of piperidine rings is 1. The number of rotatable bonds is 4. The molecule has 1 saturated carbocycles. The van der Waals surface area contributed by atoms with Crippen LogP contribution in [-0.4, -0.2) is 29.1 Å². The highest BCUT2D eigenvalue weighted by Gasteiger charge is 2.39. The second kappa shape index (κ2) is 5.03. The molecule has 2 aliphatic rings. The zero-order valence-corrected chi connectivity index (χ0v) is 12.3. The molecule has 1 aliphatic heterocycles. The molecule has 2 fully saturated rings. The van der Waals surface area contributed by atoms with Crippen LogP contribution in [0.4, 0.5) is 11.6 Å². The number of nitrogens with one attached hydrogen (secondary N) is 1. The van der Waals surface area contributed by atoms with E-state index in [4.69, 9.17) is 0 Å². The average Bonchev–Trinajstić information content (AvgIpc) is 3.00. The van der Waals surface area contributed by atoms with Crippen LogP contribution in [-0.2, 0) is 0 Å². The summed E-state index contributed by atoms with van der Waals surface area (Å²) in [5, 5.41) is 3.35. The molecule has 3 rings (SSSR count). The molecule has 1 aromatic rings. The predicted octanol–water partition coefficient (Wildman–Crippen LogP) is 3.05. The van der Waals surface area contributed by atoms with Crippen molar-refractivity contribution in [1.82, 2.24) is 9.97 Å². The second-order valence-corrected chi connectivity index (χ2v) is 6.06. The van der Waals surface area contributed by atoms with E-state index >= 15 is 0 Å². The minimum atomic E-state index is 0.695. The highest BCUT2D eigenvalue weighted by Crippen LogP contribution is 2.42. The Bertz CT molecular complexity index is 437. The van der Waals surface area contributed by atoms with E-state index in [9.17, 15) is 0 Å². The van der Waals surface area contributed by atoms with Crippen molar-refractivity contribution < 1.29 is 0 Å². The van der Waals surface area contributed by atoms with Crippen LogP contribution in [0, 0.1) is 5.92 Å². The topological polar surface area (TPSA) is 41.1 Å². The third-order valence-corrected chi connectivity index (χ3v) is 4.73. The van der Waals surface area contributed by atoms with Crippen molar-refractivity contribution in [3.05, 3.63) is 10.8 Å². The largest absolute Gasteiger partial charge is 0.369 e. The number of fused-ring (bicyclic) bond motifs is 2. The maximum Gasteiger partial charge on any atom is 0.148 e. The Kier molecular flexibility index (Phi) is 3.41.